The minimum Gasteiger partial charge on any atom is -0.368 e. The molecule has 0 bridgehead atoms. The molecule has 2 aromatic heterocycles. The van der Waals surface area contributed by atoms with Gasteiger partial charge in [0.15, 0.2) is 0 Å². The minimum absolute atomic E-state index is 0.373. The summed E-state index contributed by atoms with van der Waals surface area (Å²) in [5.41, 5.74) is 3.71. The lowest BCUT2D eigenvalue weighted by atomic mass is 10.0. The zero-order valence-electron chi connectivity index (χ0n) is 21.1. The topological polar surface area (TPSA) is 87.5 Å². The van der Waals surface area contributed by atoms with Crippen LogP contribution < -0.4 is 20.0 Å². The number of fused-ring (bicyclic) bond motifs is 2. The van der Waals surface area contributed by atoms with Gasteiger partial charge >= 0.3 is 0 Å². The van der Waals surface area contributed by atoms with Crippen LogP contribution in [0.15, 0.2) is 36.7 Å². The molecular weight excluding hydrogens is 450 g/mol. The van der Waals surface area contributed by atoms with Crippen LogP contribution in [0.25, 0.3) is 10.9 Å². The van der Waals surface area contributed by atoms with Crippen molar-refractivity contribution in [2.45, 2.75) is 25.9 Å². The number of aromatic nitrogens is 3. The van der Waals surface area contributed by atoms with Crippen molar-refractivity contribution >= 4 is 28.4 Å². The van der Waals surface area contributed by atoms with Crippen molar-refractivity contribution in [3.63, 3.8) is 0 Å². The zero-order valence-corrected chi connectivity index (χ0v) is 21.1. The van der Waals surface area contributed by atoms with Gasteiger partial charge in [-0.3, -0.25) is 9.88 Å². The van der Waals surface area contributed by atoms with E-state index in [0.717, 1.165) is 92.8 Å². The monoisotopic (exact) mass is 483 g/mol. The Bertz CT molecular complexity index is 1300. The van der Waals surface area contributed by atoms with Crippen molar-refractivity contribution in [3.8, 4) is 6.07 Å². The first-order chi connectivity index (χ1) is 17.6. The predicted molar refractivity (Wildman–Crippen MR) is 143 cm³/mol. The quantitative estimate of drug-likeness (QED) is 0.601. The fraction of sp³-hybridized carbons (Fsp3) is 0.481. The van der Waals surface area contributed by atoms with E-state index in [4.69, 9.17) is 9.97 Å². The van der Waals surface area contributed by atoms with Crippen LogP contribution in [0.1, 0.15) is 18.1 Å². The third-order valence-corrected chi connectivity index (χ3v) is 7.85. The van der Waals surface area contributed by atoms with Crippen LogP contribution >= 0.6 is 0 Å². The highest BCUT2D eigenvalue weighted by atomic mass is 15.4. The molecule has 3 aliphatic heterocycles. The zero-order chi connectivity index (χ0) is 24.6. The van der Waals surface area contributed by atoms with E-state index in [9.17, 15) is 5.26 Å². The lowest BCUT2D eigenvalue weighted by Crippen LogP contribution is -2.65. The molecule has 9 nitrogen and oxygen atoms in total. The number of hydrogen-bond donors (Lipinski definition) is 1. The van der Waals surface area contributed by atoms with Crippen LogP contribution in [0, 0.1) is 18.3 Å². The third kappa shape index (κ3) is 4.10. The number of rotatable bonds is 3. The summed E-state index contributed by atoms with van der Waals surface area (Å²) in [6.07, 6.45) is 3.75. The van der Waals surface area contributed by atoms with E-state index in [1.54, 1.807) is 6.20 Å². The summed E-state index contributed by atoms with van der Waals surface area (Å²) < 4.78 is 0. The van der Waals surface area contributed by atoms with Crippen LogP contribution in [0.5, 0.6) is 0 Å². The molecule has 1 N–H and O–H groups in total. The molecule has 0 unspecified atom stereocenters. The molecule has 9 heteroatoms. The molecule has 1 aromatic carbocycles. The van der Waals surface area contributed by atoms with Crippen molar-refractivity contribution in [2.75, 3.05) is 73.6 Å². The number of nitrogens with zero attached hydrogens (tertiary/aromatic N) is 8. The van der Waals surface area contributed by atoms with E-state index in [1.165, 1.54) is 0 Å². The highest BCUT2D eigenvalue weighted by Crippen LogP contribution is 2.32. The number of benzene rings is 1. The van der Waals surface area contributed by atoms with Crippen molar-refractivity contribution in [1.29, 1.82) is 5.26 Å². The number of piperazine rings is 3. The molecule has 0 amide bonds. The summed E-state index contributed by atoms with van der Waals surface area (Å²) in [5.74, 6) is 1.91. The summed E-state index contributed by atoms with van der Waals surface area (Å²) >= 11 is 0. The molecule has 3 aliphatic rings. The molecule has 3 aromatic rings. The Morgan fingerprint density at radius 2 is 1.81 bits per heavy atom. The Morgan fingerprint density at radius 3 is 2.64 bits per heavy atom. The fourth-order valence-corrected chi connectivity index (χ4v) is 6.04. The second-order valence-electron chi connectivity index (χ2n) is 10.1. The second kappa shape index (κ2) is 9.52. The minimum atomic E-state index is 0.373. The number of nitrogens with one attached hydrogen (secondary N) is 1. The van der Waals surface area contributed by atoms with Gasteiger partial charge in [-0.25, -0.2) is 4.98 Å². The average Bonchev–Trinajstić information content (AvgIpc) is 2.93. The number of hydrogen-bond acceptors (Lipinski definition) is 9. The molecule has 36 heavy (non-hydrogen) atoms. The van der Waals surface area contributed by atoms with Crippen LogP contribution in [-0.2, 0) is 0 Å². The van der Waals surface area contributed by atoms with E-state index in [2.05, 4.69) is 61.9 Å². The Kier molecular flexibility index (Phi) is 6.07. The summed E-state index contributed by atoms with van der Waals surface area (Å²) in [5, 5.41) is 14.0. The molecule has 0 saturated carbocycles. The van der Waals surface area contributed by atoms with E-state index in [-0.39, 0.29) is 0 Å². The number of pyridine rings is 1. The lowest BCUT2D eigenvalue weighted by molar-refractivity contribution is 0.108. The third-order valence-electron chi connectivity index (χ3n) is 7.85. The maximum atomic E-state index is 9.56. The number of aryl methyl sites for hydroxylation is 1. The second-order valence-corrected chi connectivity index (χ2v) is 10.1. The average molecular weight is 484 g/mol. The van der Waals surface area contributed by atoms with Gasteiger partial charge < -0.3 is 20.0 Å². The Hall–Kier alpha value is -3.48. The SMILES string of the molecule is Cc1cnc(N2CCN3[C@@H](C2)CN(c2ccc(C#N)c4ncccc24)C[C@H]3C)nc1N1CCNCC1. The Labute approximate surface area is 212 Å². The first-order valence-electron chi connectivity index (χ1n) is 12.9. The summed E-state index contributed by atoms with van der Waals surface area (Å²) in [4.78, 5) is 24.2. The van der Waals surface area contributed by atoms with E-state index in [1.807, 2.05) is 18.3 Å². The van der Waals surface area contributed by atoms with Crippen molar-refractivity contribution in [2.24, 2.45) is 0 Å². The van der Waals surface area contributed by atoms with Crippen LogP contribution in [0.4, 0.5) is 17.5 Å². The first-order valence-corrected chi connectivity index (χ1v) is 12.9. The van der Waals surface area contributed by atoms with Gasteiger partial charge in [0.2, 0.25) is 5.95 Å². The van der Waals surface area contributed by atoms with E-state index >= 15 is 0 Å². The highest BCUT2D eigenvalue weighted by Gasteiger charge is 2.37. The molecule has 0 radical (unpaired) electrons. The molecular formula is C27H33N9. The van der Waals surface area contributed by atoms with Gasteiger partial charge in [0.25, 0.3) is 0 Å². The summed E-state index contributed by atoms with van der Waals surface area (Å²) in [7, 11) is 0. The van der Waals surface area contributed by atoms with Gasteiger partial charge in [-0.2, -0.15) is 10.2 Å². The maximum Gasteiger partial charge on any atom is 0.227 e. The van der Waals surface area contributed by atoms with Crippen molar-refractivity contribution in [1.82, 2.24) is 25.2 Å². The number of anilines is 3. The maximum absolute atomic E-state index is 9.56. The summed E-state index contributed by atoms with van der Waals surface area (Å²) in [6.45, 7) is 13.1. The van der Waals surface area contributed by atoms with Gasteiger partial charge in [-0.15, -0.1) is 0 Å². The molecule has 186 valence electrons. The first kappa shape index (κ1) is 23.0. The molecule has 6 rings (SSSR count). The normalized spacial score (nSPS) is 23.0. The van der Waals surface area contributed by atoms with E-state index < -0.39 is 0 Å². The van der Waals surface area contributed by atoms with Crippen LogP contribution in [0.2, 0.25) is 0 Å². The van der Waals surface area contributed by atoms with Crippen molar-refractivity contribution < 1.29 is 0 Å². The van der Waals surface area contributed by atoms with Gasteiger partial charge in [0.1, 0.15) is 11.9 Å². The standard InChI is InChI=1S/C27H33N9/c1-19-15-31-27(32-26(19)33-10-8-29-9-11-33)34-12-13-36-20(2)16-35(18-22(36)17-34)24-6-5-21(14-28)25-23(24)4-3-7-30-25/h3-7,15,20,22,29H,8-13,16-18H2,1-2H3/t20-,22+/m1/s1. The fourth-order valence-electron chi connectivity index (χ4n) is 6.04. The molecule has 2 atom stereocenters. The van der Waals surface area contributed by atoms with Crippen LogP contribution in [0.3, 0.4) is 0 Å². The molecule has 0 spiro atoms. The highest BCUT2D eigenvalue weighted by molar-refractivity contribution is 5.95. The molecule has 3 fully saturated rings. The largest absolute Gasteiger partial charge is 0.368 e. The van der Waals surface area contributed by atoms with Crippen molar-refractivity contribution in [3.05, 3.63) is 47.8 Å². The van der Waals surface area contributed by atoms with Gasteiger partial charge in [0, 0.05) is 100 Å². The Balaban J connectivity index is 1.25. The predicted octanol–water partition coefficient (Wildman–Crippen LogP) is 2.01. The molecule has 5 heterocycles. The number of nitriles is 1. The molecule has 0 aliphatic carbocycles. The van der Waals surface area contributed by atoms with E-state index in [0.29, 0.717) is 17.6 Å². The Morgan fingerprint density at radius 1 is 0.972 bits per heavy atom. The van der Waals surface area contributed by atoms with Gasteiger partial charge in [0.05, 0.1) is 11.1 Å². The lowest BCUT2D eigenvalue weighted by Gasteiger charge is -2.51. The smallest absolute Gasteiger partial charge is 0.227 e. The molecule has 3 saturated heterocycles. The van der Waals surface area contributed by atoms with Crippen LogP contribution in [-0.4, -0.2) is 90.8 Å². The van der Waals surface area contributed by atoms with Gasteiger partial charge in [-0.05, 0) is 38.1 Å². The summed E-state index contributed by atoms with van der Waals surface area (Å²) in [6, 6.07) is 11.1. The van der Waals surface area contributed by atoms with Gasteiger partial charge in [-0.1, -0.05) is 0 Å².